The quantitative estimate of drug-likeness (QED) is 0.700. The SMILES string of the molecule is CCCN(CC(=O)Nc1ccccc1C)C(=O)c1ccc(NC(N)=O)cc1. The van der Waals surface area contributed by atoms with Gasteiger partial charge in [-0.1, -0.05) is 25.1 Å². The standard InChI is InChI=1S/C20H24N4O3/c1-3-12-24(13-18(25)23-17-7-5-4-6-14(17)2)19(26)15-8-10-16(11-9-15)22-20(21)27/h4-11H,3,12-13H2,1-2H3,(H,23,25)(H3,21,22,27). The Morgan fingerprint density at radius 2 is 1.67 bits per heavy atom. The van der Waals surface area contributed by atoms with Gasteiger partial charge in [-0.05, 0) is 49.2 Å². The van der Waals surface area contributed by atoms with Crippen molar-refractivity contribution < 1.29 is 14.4 Å². The van der Waals surface area contributed by atoms with Crippen molar-refractivity contribution in [2.24, 2.45) is 5.73 Å². The average Bonchev–Trinajstić information content (AvgIpc) is 2.63. The predicted molar refractivity (Wildman–Crippen MR) is 106 cm³/mol. The third-order valence-corrected chi connectivity index (χ3v) is 3.93. The number of carbonyl (C=O) groups excluding carboxylic acids is 3. The minimum absolute atomic E-state index is 0.0394. The zero-order valence-corrected chi connectivity index (χ0v) is 15.5. The van der Waals surface area contributed by atoms with Crippen molar-refractivity contribution in [2.75, 3.05) is 23.7 Å². The van der Waals surface area contributed by atoms with Crippen LogP contribution in [-0.2, 0) is 4.79 Å². The van der Waals surface area contributed by atoms with Crippen molar-refractivity contribution in [2.45, 2.75) is 20.3 Å². The maximum Gasteiger partial charge on any atom is 0.316 e. The summed E-state index contributed by atoms with van der Waals surface area (Å²) in [7, 11) is 0. The zero-order chi connectivity index (χ0) is 19.8. The molecule has 2 aromatic rings. The molecule has 0 radical (unpaired) electrons. The van der Waals surface area contributed by atoms with Crippen LogP contribution in [0.15, 0.2) is 48.5 Å². The molecule has 0 fully saturated rings. The van der Waals surface area contributed by atoms with E-state index in [0.717, 1.165) is 17.7 Å². The van der Waals surface area contributed by atoms with Gasteiger partial charge < -0.3 is 21.3 Å². The van der Waals surface area contributed by atoms with Gasteiger partial charge in [0.15, 0.2) is 0 Å². The van der Waals surface area contributed by atoms with E-state index in [2.05, 4.69) is 10.6 Å². The van der Waals surface area contributed by atoms with Crippen LogP contribution >= 0.6 is 0 Å². The lowest BCUT2D eigenvalue weighted by Gasteiger charge is -2.22. The Kier molecular flexibility index (Phi) is 6.93. The number of nitrogens with two attached hydrogens (primary N) is 1. The van der Waals surface area contributed by atoms with E-state index in [1.807, 2.05) is 38.1 Å². The molecule has 0 saturated carbocycles. The fourth-order valence-electron chi connectivity index (χ4n) is 2.62. The Balaban J connectivity index is 2.06. The Bertz CT molecular complexity index is 818. The Morgan fingerprint density at radius 3 is 2.26 bits per heavy atom. The number of para-hydroxylation sites is 1. The number of primary amides is 1. The first-order valence-electron chi connectivity index (χ1n) is 8.72. The van der Waals surface area contributed by atoms with Gasteiger partial charge in [0.05, 0.1) is 0 Å². The lowest BCUT2D eigenvalue weighted by atomic mass is 10.1. The lowest BCUT2D eigenvalue weighted by molar-refractivity contribution is -0.116. The number of hydrogen-bond donors (Lipinski definition) is 3. The van der Waals surface area contributed by atoms with Gasteiger partial charge in [-0.2, -0.15) is 0 Å². The van der Waals surface area contributed by atoms with E-state index in [9.17, 15) is 14.4 Å². The van der Waals surface area contributed by atoms with Crippen LogP contribution in [0, 0.1) is 6.92 Å². The van der Waals surface area contributed by atoms with Crippen LogP contribution in [0.4, 0.5) is 16.2 Å². The number of anilines is 2. The molecule has 0 aromatic heterocycles. The highest BCUT2D eigenvalue weighted by Crippen LogP contribution is 2.14. The Labute approximate surface area is 158 Å². The van der Waals surface area contributed by atoms with Crippen molar-refractivity contribution in [1.29, 1.82) is 0 Å². The van der Waals surface area contributed by atoms with Crippen molar-refractivity contribution in [3.8, 4) is 0 Å². The maximum absolute atomic E-state index is 12.8. The third-order valence-electron chi connectivity index (χ3n) is 3.93. The first-order valence-corrected chi connectivity index (χ1v) is 8.72. The van der Waals surface area contributed by atoms with E-state index in [1.165, 1.54) is 4.90 Å². The van der Waals surface area contributed by atoms with Gasteiger partial charge in [-0.15, -0.1) is 0 Å². The molecule has 0 heterocycles. The molecule has 0 aliphatic rings. The van der Waals surface area contributed by atoms with Gasteiger partial charge >= 0.3 is 6.03 Å². The summed E-state index contributed by atoms with van der Waals surface area (Å²) in [5.41, 5.74) is 7.69. The number of aryl methyl sites for hydroxylation is 1. The van der Waals surface area contributed by atoms with Crippen molar-refractivity contribution in [3.05, 3.63) is 59.7 Å². The largest absolute Gasteiger partial charge is 0.351 e. The second-order valence-electron chi connectivity index (χ2n) is 6.16. The molecule has 7 nitrogen and oxygen atoms in total. The molecule has 0 aliphatic carbocycles. The van der Waals surface area contributed by atoms with Crippen LogP contribution in [0.3, 0.4) is 0 Å². The molecular formula is C20H24N4O3. The number of benzene rings is 2. The van der Waals surface area contributed by atoms with E-state index in [-0.39, 0.29) is 18.4 Å². The molecule has 2 aromatic carbocycles. The third kappa shape index (κ3) is 5.85. The number of carbonyl (C=O) groups is 3. The number of nitrogens with zero attached hydrogens (tertiary/aromatic N) is 1. The summed E-state index contributed by atoms with van der Waals surface area (Å²) in [4.78, 5) is 37.5. The van der Waals surface area contributed by atoms with Crippen LogP contribution in [0.5, 0.6) is 0 Å². The molecule has 4 amide bonds. The molecular weight excluding hydrogens is 344 g/mol. The minimum atomic E-state index is -0.672. The second kappa shape index (κ2) is 9.38. The molecule has 0 spiro atoms. The Hall–Kier alpha value is -3.35. The summed E-state index contributed by atoms with van der Waals surface area (Å²) in [6, 6.07) is 13.2. The van der Waals surface area contributed by atoms with Crippen molar-refractivity contribution in [3.63, 3.8) is 0 Å². The summed E-state index contributed by atoms with van der Waals surface area (Å²) >= 11 is 0. The first kappa shape index (κ1) is 20.0. The molecule has 0 bridgehead atoms. The molecule has 7 heteroatoms. The minimum Gasteiger partial charge on any atom is -0.351 e. The van der Waals surface area contributed by atoms with Crippen molar-refractivity contribution in [1.82, 2.24) is 4.90 Å². The molecule has 0 aliphatic heterocycles. The number of amides is 4. The van der Waals surface area contributed by atoms with E-state index in [0.29, 0.717) is 17.8 Å². The van der Waals surface area contributed by atoms with Gasteiger partial charge in [0.2, 0.25) is 5.91 Å². The fourth-order valence-corrected chi connectivity index (χ4v) is 2.62. The fraction of sp³-hybridized carbons (Fsp3) is 0.250. The van der Waals surface area contributed by atoms with Gasteiger partial charge in [-0.3, -0.25) is 9.59 Å². The Morgan fingerprint density at radius 1 is 1.00 bits per heavy atom. The first-order chi connectivity index (χ1) is 12.9. The zero-order valence-electron chi connectivity index (χ0n) is 15.5. The van der Waals surface area contributed by atoms with Gasteiger partial charge in [0, 0.05) is 23.5 Å². The van der Waals surface area contributed by atoms with E-state index < -0.39 is 6.03 Å². The molecule has 4 N–H and O–H groups in total. The normalized spacial score (nSPS) is 10.1. The topological polar surface area (TPSA) is 105 Å². The molecule has 0 saturated heterocycles. The van der Waals surface area contributed by atoms with Crippen LogP contribution < -0.4 is 16.4 Å². The van der Waals surface area contributed by atoms with Crippen LogP contribution in [0.2, 0.25) is 0 Å². The average molecular weight is 368 g/mol. The van der Waals surface area contributed by atoms with E-state index in [1.54, 1.807) is 24.3 Å². The van der Waals surface area contributed by atoms with Crippen LogP contribution in [-0.4, -0.2) is 35.8 Å². The molecule has 142 valence electrons. The van der Waals surface area contributed by atoms with Crippen LogP contribution in [0.25, 0.3) is 0 Å². The second-order valence-corrected chi connectivity index (χ2v) is 6.16. The van der Waals surface area contributed by atoms with E-state index >= 15 is 0 Å². The van der Waals surface area contributed by atoms with Gasteiger partial charge in [0.25, 0.3) is 5.91 Å². The van der Waals surface area contributed by atoms with Crippen molar-refractivity contribution >= 4 is 29.2 Å². The highest BCUT2D eigenvalue weighted by atomic mass is 16.2. The van der Waals surface area contributed by atoms with E-state index in [4.69, 9.17) is 5.73 Å². The summed E-state index contributed by atoms with van der Waals surface area (Å²) in [6.45, 7) is 4.27. The summed E-state index contributed by atoms with van der Waals surface area (Å²) in [5.74, 6) is -0.500. The molecule has 2 rings (SSSR count). The van der Waals surface area contributed by atoms with Crippen LogP contribution in [0.1, 0.15) is 29.3 Å². The van der Waals surface area contributed by atoms with Gasteiger partial charge in [-0.25, -0.2) is 4.79 Å². The smallest absolute Gasteiger partial charge is 0.316 e. The summed E-state index contributed by atoms with van der Waals surface area (Å²) in [6.07, 6.45) is 0.727. The highest BCUT2D eigenvalue weighted by molar-refractivity contribution is 6.00. The highest BCUT2D eigenvalue weighted by Gasteiger charge is 2.18. The predicted octanol–water partition coefficient (Wildman–Crippen LogP) is 2.98. The monoisotopic (exact) mass is 368 g/mol. The molecule has 0 unspecified atom stereocenters. The lowest BCUT2D eigenvalue weighted by Crippen LogP contribution is -2.38. The molecule has 27 heavy (non-hydrogen) atoms. The number of rotatable bonds is 7. The number of nitrogens with one attached hydrogen (secondary N) is 2. The number of hydrogen-bond acceptors (Lipinski definition) is 3. The number of urea groups is 1. The summed E-state index contributed by atoms with van der Waals surface area (Å²) < 4.78 is 0. The maximum atomic E-state index is 12.8. The summed E-state index contributed by atoms with van der Waals surface area (Å²) in [5, 5.41) is 5.28. The van der Waals surface area contributed by atoms with Gasteiger partial charge in [0.1, 0.15) is 6.54 Å². The molecule has 0 atom stereocenters.